The summed E-state index contributed by atoms with van der Waals surface area (Å²) in [7, 11) is -3.13. The van der Waals surface area contributed by atoms with E-state index in [9.17, 15) is 31.2 Å². The summed E-state index contributed by atoms with van der Waals surface area (Å²) in [6, 6.07) is 6.48. The van der Waals surface area contributed by atoms with Crippen molar-refractivity contribution in [2.24, 2.45) is 0 Å². The zero-order valence-electron chi connectivity index (χ0n) is 13.7. The van der Waals surface area contributed by atoms with Gasteiger partial charge in [0.2, 0.25) is 6.10 Å². The molecule has 0 radical (unpaired) electrons. The van der Waals surface area contributed by atoms with Crippen LogP contribution in [0.25, 0.3) is 0 Å². The van der Waals surface area contributed by atoms with Crippen molar-refractivity contribution in [2.45, 2.75) is 25.0 Å². The van der Waals surface area contributed by atoms with E-state index in [1.54, 1.807) is 18.2 Å². The maximum Gasteiger partial charge on any atom is 0.426 e. The SMILES string of the molecule is BCc1cccc(C(=O)OCCC(=O)OC(CS(=O)(=O)O)C(F)(F)F)c1. The standard InChI is InChI=1S/C14H16BF3O7S/c15-7-9-2-1-3-10(6-9)13(20)24-5-4-12(19)25-11(14(16,17)18)8-26(21,22)23/h1-3,6,11H,4-5,7-8,15H2,(H,21,22,23). The molecule has 1 N–H and O–H groups in total. The maximum atomic E-state index is 12.6. The van der Waals surface area contributed by atoms with E-state index in [0.29, 0.717) is 6.32 Å². The van der Waals surface area contributed by atoms with E-state index < -0.39 is 53.1 Å². The van der Waals surface area contributed by atoms with Gasteiger partial charge in [-0.2, -0.15) is 21.6 Å². The largest absolute Gasteiger partial charge is 0.461 e. The molecule has 0 fully saturated rings. The van der Waals surface area contributed by atoms with Crippen LogP contribution in [0.15, 0.2) is 24.3 Å². The van der Waals surface area contributed by atoms with Crippen LogP contribution in [0.5, 0.6) is 0 Å². The van der Waals surface area contributed by atoms with Crippen molar-refractivity contribution in [3.05, 3.63) is 35.4 Å². The molecule has 0 saturated carbocycles. The number of ether oxygens (including phenoxy) is 2. The van der Waals surface area contributed by atoms with E-state index in [1.165, 1.54) is 6.07 Å². The van der Waals surface area contributed by atoms with Crippen LogP contribution in [0, 0.1) is 0 Å². The van der Waals surface area contributed by atoms with Gasteiger partial charge in [-0.1, -0.05) is 24.0 Å². The molecular weight excluding hydrogens is 380 g/mol. The van der Waals surface area contributed by atoms with Crippen molar-refractivity contribution in [2.75, 3.05) is 12.4 Å². The molecular formula is C14H16BF3O7S. The number of benzene rings is 1. The number of hydrogen-bond acceptors (Lipinski definition) is 6. The van der Waals surface area contributed by atoms with Gasteiger partial charge in [-0.15, -0.1) is 0 Å². The van der Waals surface area contributed by atoms with Crippen LogP contribution in [-0.2, 0) is 30.7 Å². The second-order valence-corrected chi connectivity index (χ2v) is 6.71. The average Bonchev–Trinajstić information content (AvgIpc) is 2.52. The van der Waals surface area contributed by atoms with E-state index >= 15 is 0 Å². The number of alkyl halides is 3. The molecule has 12 heteroatoms. The summed E-state index contributed by atoms with van der Waals surface area (Å²) in [5.41, 5.74) is 1.09. The average molecular weight is 396 g/mol. The summed E-state index contributed by atoms with van der Waals surface area (Å²) < 4.78 is 76.3. The number of carbonyl (C=O) groups is 2. The Kier molecular flexibility index (Phi) is 7.63. The van der Waals surface area contributed by atoms with Gasteiger partial charge in [-0.25, -0.2) is 4.79 Å². The first-order valence-electron chi connectivity index (χ1n) is 7.39. The molecule has 0 saturated heterocycles. The van der Waals surface area contributed by atoms with Gasteiger partial charge in [-0.05, 0) is 12.1 Å². The highest BCUT2D eigenvalue weighted by Gasteiger charge is 2.45. The minimum atomic E-state index is -5.18. The minimum Gasteiger partial charge on any atom is -0.461 e. The second kappa shape index (κ2) is 9.03. The minimum absolute atomic E-state index is 0.220. The second-order valence-electron chi connectivity index (χ2n) is 5.21. The maximum absolute atomic E-state index is 12.6. The van der Waals surface area contributed by atoms with Gasteiger partial charge < -0.3 is 9.47 Å². The molecule has 0 aromatic heterocycles. The molecule has 1 rings (SSSR count). The lowest BCUT2D eigenvalue weighted by atomic mass is 9.96. The summed E-state index contributed by atoms with van der Waals surface area (Å²) >= 11 is 0. The fourth-order valence-corrected chi connectivity index (χ4v) is 2.47. The van der Waals surface area contributed by atoms with E-state index in [-0.39, 0.29) is 5.56 Å². The van der Waals surface area contributed by atoms with Crippen molar-refractivity contribution < 1.29 is 45.2 Å². The summed E-state index contributed by atoms with van der Waals surface area (Å²) in [5.74, 6) is -4.00. The van der Waals surface area contributed by atoms with E-state index in [2.05, 4.69) is 4.74 Å². The smallest absolute Gasteiger partial charge is 0.426 e. The zero-order chi connectivity index (χ0) is 20.0. The third-order valence-corrected chi connectivity index (χ3v) is 3.84. The molecule has 144 valence electrons. The van der Waals surface area contributed by atoms with Crippen LogP contribution >= 0.6 is 0 Å². The van der Waals surface area contributed by atoms with Crippen molar-refractivity contribution >= 4 is 29.9 Å². The molecule has 26 heavy (non-hydrogen) atoms. The summed E-state index contributed by atoms with van der Waals surface area (Å²) in [5, 5.41) is 0. The number of carbonyl (C=O) groups excluding carboxylic acids is 2. The van der Waals surface area contributed by atoms with Crippen LogP contribution < -0.4 is 0 Å². The fourth-order valence-electron chi connectivity index (χ4n) is 1.83. The predicted molar refractivity (Wildman–Crippen MR) is 85.9 cm³/mol. The normalized spacial score (nSPS) is 13.1. The Morgan fingerprint density at radius 2 is 1.92 bits per heavy atom. The van der Waals surface area contributed by atoms with Crippen molar-refractivity contribution in [3.63, 3.8) is 0 Å². The third-order valence-electron chi connectivity index (χ3n) is 3.11. The fraction of sp³-hybridized carbons (Fsp3) is 0.429. The molecule has 1 aromatic rings. The lowest BCUT2D eigenvalue weighted by molar-refractivity contribution is -0.215. The number of esters is 2. The Morgan fingerprint density at radius 1 is 1.27 bits per heavy atom. The molecule has 0 bridgehead atoms. The summed E-state index contributed by atoms with van der Waals surface area (Å²) in [6.07, 6.45) is -8.22. The van der Waals surface area contributed by atoms with Crippen molar-refractivity contribution in [1.82, 2.24) is 0 Å². The Labute approximate surface area is 148 Å². The Hall–Kier alpha value is -2.08. The Balaban J connectivity index is 2.55. The van der Waals surface area contributed by atoms with Gasteiger partial charge in [0.1, 0.15) is 20.2 Å². The lowest BCUT2D eigenvalue weighted by Crippen LogP contribution is -2.39. The van der Waals surface area contributed by atoms with Gasteiger partial charge >= 0.3 is 18.1 Å². The third kappa shape index (κ3) is 7.87. The lowest BCUT2D eigenvalue weighted by Gasteiger charge is -2.19. The van der Waals surface area contributed by atoms with Gasteiger partial charge in [-0.3, -0.25) is 9.35 Å². The van der Waals surface area contributed by atoms with Crippen LogP contribution in [0.2, 0.25) is 0 Å². The highest BCUT2D eigenvalue weighted by atomic mass is 32.2. The van der Waals surface area contributed by atoms with Crippen molar-refractivity contribution in [3.8, 4) is 0 Å². The number of rotatable bonds is 8. The van der Waals surface area contributed by atoms with Crippen LogP contribution in [0.4, 0.5) is 13.2 Å². The summed E-state index contributed by atoms with van der Waals surface area (Å²) in [6.45, 7) is -0.551. The van der Waals surface area contributed by atoms with Crippen LogP contribution in [-0.4, -0.2) is 57.4 Å². The first kappa shape index (κ1) is 22.0. The van der Waals surface area contributed by atoms with Crippen LogP contribution in [0.3, 0.4) is 0 Å². The quantitative estimate of drug-likeness (QED) is 0.392. The number of halogens is 3. The summed E-state index contributed by atoms with van der Waals surface area (Å²) in [4.78, 5) is 23.2. The first-order valence-corrected chi connectivity index (χ1v) is 9.00. The molecule has 1 atom stereocenters. The van der Waals surface area contributed by atoms with Crippen LogP contribution in [0.1, 0.15) is 22.3 Å². The molecule has 7 nitrogen and oxygen atoms in total. The molecule has 1 unspecified atom stereocenters. The molecule has 0 aliphatic rings. The molecule has 0 heterocycles. The molecule has 0 aliphatic heterocycles. The molecule has 0 spiro atoms. The van der Waals surface area contributed by atoms with Gasteiger partial charge in [0, 0.05) is 0 Å². The van der Waals surface area contributed by atoms with Gasteiger partial charge in [0.15, 0.2) is 0 Å². The number of hydrogen-bond donors (Lipinski definition) is 1. The monoisotopic (exact) mass is 396 g/mol. The van der Waals surface area contributed by atoms with Crippen molar-refractivity contribution in [1.29, 1.82) is 0 Å². The van der Waals surface area contributed by atoms with Gasteiger partial charge in [0.05, 0.1) is 12.0 Å². The van der Waals surface area contributed by atoms with E-state index in [4.69, 9.17) is 9.29 Å². The Morgan fingerprint density at radius 3 is 2.46 bits per heavy atom. The first-order chi connectivity index (χ1) is 11.9. The van der Waals surface area contributed by atoms with E-state index in [0.717, 1.165) is 5.56 Å². The highest BCUT2D eigenvalue weighted by molar-refractivity contribution is 7.85. The highest BCUT2D eigenvalue weighted by Crippen LogP contribution is 2.24. The topological polar surface area (TPSA) is 107 Å². The molecule has 0 aliphatic carbocycles. The molecule has 0 amide bonds. The predicted octanol–water partition coefficient (Wildman–Crippen LogP) is 0.729. The molecule has 1 aromatic carbocycles. The van der Waals surface area contributed by atoms with Gasteiger partial charge in [0.25, 0.3) is 10.1 Å². The zero-order valence-corrected chi connectivity index (χ0v) is 14.5. The van der Waals surface area contributed by atoms with E-state index in [1.807, 2.05) is 7.85 Å². The Bertz CT molecular complexity index is 749.